The van der Waals surface area contributed by atoms with Crippen molar-refractivity contribution in [3.63, 3.8) is 0 Å². The van der Waals surface area contributed by atoms with Crippen LogP contribution in [0.1, 0.15) is 5.56 Å². The highest BCUT2D eigenvalue weighted by molar-refractivity contribution is 7.99. The van der Waals surface area contributed by atoms with Gasteiger partial charge in [0, 0.05) is 22.3 Å². The van der Waals surface area contributed by atoms with Gasteiger partial charge in [0.1, 0.15) is 5.03 Å². The minimum absolute atomic E-state index is 0.673. The molecule has 0 aliphatic heterocycles. The van der Waals surface area contributed by atoms with Crippen LogP contribution in [-0.4, -0.2) is 15.0 Å². The van der Waals surface area contributed by atoms with Crippen LogP contribution in [0, 0.1) is 6.92 Å². The van der Waals surface area contributed by atoms with E-state index >= 15 is 0 Å². The van der Waals surface area contributed by atoms with Crippen molar-refractivity contribution < 1.29 is 0 Å². The van der Waals surface area contributed by atoms with Crippen LogP contribution in [0.3, 0.4) is 0 Å². The second-order valence-corrected chi connectivity index (χ2v) is 5.58. The van der Waals surface area contributed by atoms with E-state index in [0.29, 0.717) is 5.02 Å². The summed E-state index contributed by atoms with van der Waals surface area (Å²) in [5.74, 6) is 0. The molecule has 3 aromatic rings. The summed E-state index contributed by atoms with van der Waals surface area (Å²) in [6.07, 6.45) is 5.39. The van der Waals surface area contributed by atoms with Crippen LogP contribution in [0.2, 0.25) is 5.02 Å². The summed E-state index contributed by atoms with van der Waals surface area (Å²) in [6.45, 7) is 2.03. The Balaban J connectivity index is 1.98. The lowest BCUT2D eigenvalue weighted by Gasteiger charge is -2.04. The molecule has 2 aromatic heterocycles. The van der Waals surface area contributed by atoms with Gasteiger partial charge in [-0.1, -0.05) is 23.4 Å². The maximum atomic E-state index is 5.93. The minimum Gasteiger partial charge on any atom is -0.264 e. The number of halogens is 1. The summed E-state index contributed by atoms with van der Waals surface area (Å²) in [6, 6.07) is 7.50. The maximum absolute atomic E-state index is 5.93. The number of nitrogens with zero attached hydrogens (tertiary/aromatic N) is 3. The smallest absolute Gasteiger partial charge is 0.120 e. The molecule has 0 fully saturated rings. The number of aromatic nitrogens is 3. The first kappa shape index (κ1) is 12.4. The fourth-order valence-corrected chi connectivity index (χ4v) is 2.69. The van der Waals surface area contributed by atoms with Crippen molar-refractivity contribution in [2.24, 2.45) is 0 Å². The molecule has 0 radical (unpaired) electrons. The first-order valence-corrected chi connectivity index (χ1v) is 6.92. The molecule has 19 heavy (non-hydrogen) atoms. The van der Waals surface area contributed by atoms with Crippen LogP contribution in [-0.2, 0) is 0 Å². The molecule has 0 saturated carbocycles. The third kappa shape index (κ3) is 2.69. The van der Waals surface area contributed by atoms with E-state index in [2.05, 4.69) is 15.0 Å². The summed E-state index contributed by atoms with van der Waals surface area (Å²) >= 11 is 7.52. The van der Waals surface area contributed by atoms with Crippen molar-refractivity contribution in [2.45, 2.75) is 16.8 Å². The van der Waals surface area contributed by atoms with Gasteiger partial charge in [0.2, 0.25) is 0 Å². The fourth-order valence-electron chi connectivity index (χ4n) is 1.70. The molecule has 0 N–H and O–H groups in total. The van der Waals surface area contributed by atoms with E-state index in [1.165, 1.54) is 0 Å². The molecule has 0 bridgehead atoms. The fraction of sp³-hybridized carbons (Fsp3) is 0.0714. The summed E-state index contributed by atoms with van der Waals surface area (Å²) in [7, 11) is 0. The van der Waals surface area contributed by atoms with Crippen molar-refractivity contribution in [3.8, 4) is 0 Å². The first-order chi connectivity index (χ1) is 9.22. The first-order valence-electron chi connectivity index (χ1n) is 5.73. The SMILES string of the molecule is Cc1cnccc1Sc1cnc2cc(Cl)ccc2n1. The Morgan fingerprint density at radius 3 is 2.84 bits per heavy atom. The Bertz CT molecular complexity index is 746. The van der Waals surface area contributed by atoms with Crippen LogP contribution >= 0.6 is 23.4 Å². The standard InChI is InChI=1S/C14H10ClN3S/c1-9-7-16-5-4-13(9)19-14-8-17-12-6-10(15)2-3-11(12)18-14/h2-8H,1H3. The average Bonchev–Trinajstić information content (AvgIpc) is 2.41. The predicted octanol–water partition coefficient (Wildman–Crippen LogP) is 4.14. The molecular formula is C14H10ClN3S. The largest absolute Gasteiger partial charge is 0.264 e. The van der Waals surface area contributed by atoms with Crippen LogP contribution in [0.25, 0.3) is 11.0 Å². The van der Waals surface area contributed by atoms with E-state index in [9.17, 15) is 0 Å². The number of hydrogen-bond donors (Lipinski definition) is 0. The zero-order chi connectivity index (χ0) is 13.2. The molecule has 0 spiro atoms. The van der Waals surface area contributed by atoms with Gasteiger partial charge in [-0.3, -0.25) is 9.97 Å². The van der Waals surface area contributed by atoms with Gasteiger partial charge in [0.05, 0.1) is 17.2 Å². The molecule has 0 unspecified atom stereocenters. The van der Waals surface area contributed by atoms with Gasteiger partial charge in [0.25, 0.3) is 0 Å². The lowest BCUT2D eigenvalue weighted by Crippen LogP contribution is -1.88. The highest BCUT2D eigenvalue weighted by Gasteiger charge is 2.04. The molecule has 0 saturated heterocycles. The normalized spacial score (nSPS) is 10.8. The molecule has 0 aliphatic carbocycles. The lowest BCUT2D eigenvalue weighted by molar-refractivity contribution is 1.11. The zero-order valence-corrected chi connectivity index (χ0v) is 11.7. The summed E-state index contributed by atoms with van der Waals surface area (Å²) in [5, 5.41) is 1.54. The molecule has 3 nitrogen and oxygen atoms in total. The van der Waals surface area contributed by atoms with E-state index in [-0.39, 0.29) is 0 Å². The highest BCUT2D eigenvalue weighted by Crippen LogP contribution is 2.29. The summed E-state index contributed by atoms with van der Waals surface area (Å²) < 4.78 is 0. The third-order valence-corrected chi connectivity index (χ3v) is 3.98. The van der Waals surface area contributed by atoms with E-state index in [1.54, 1.807) is 24.2 Å². The Kier molecular flexibility index (Phi) is 3.36. The van der Waals surface area contributed by atoms with Crippen molar-refractivity contribution in [3.05, 3.63) is 53.4 Å². The monoisotopic (exact) mass is 287 g/mol. The number of rotatable bonds is 2. The number of fused-ring (bicyclic) bond motifs is 1. The second-order valence-electron chi connectivity index (χ2n) is 4.08. The van der Waals surface area contributed by atoms with E-state index in [4.69, 9.17) is 11.6 Å². The van der Waals surface area contributed by atoms with Gasteiger partial charge < -0.3 is 0 Å². The van der Waals surface area contributed by atoms with Crippen molar-refractivity contribution in [1.82, 2.24) is 15.0 Å². The number of aryl methyl sites for hydroxylation is 1. The predicted molar refractivity (Wildman–Crippen MR) is 77.6 cm³/mol. The quantitative estimate of drug-likeness (QED) is 0.710. The lowest BCUT2D eigenvalue weighted by atomic mass is 10.3. The summed E-state index contributed by atoms with van der Waals surface area (Å²) in [5.41, 5.74) is 2.79. The molecule has 1 aromatic carbocycles. The van der Waals surface area contributed by atoms with Gasteiger partial charge in [-0.25, -0.2) is 4.98 Å². The Morgan fingerprint density at radius 2 is 2.00 bits per heavy atom. The van der Waals surface area contributed by atoms with Gasteiger partial charge >= 0.3 is 0 Å². The molecule has 2 heterocycles. The molecular weight excluding hydrogens is 278 g/mol. The Hall–Kier alpha value is -1.65. The maximum Gasteiger partial charge on any atom is 0.120 e. The molecule has 3 rings (SSSR count). The molecule has 0 atom stereocenters. The van der Waals surface area contributed by atoms with Gasteiger partial charge in [0.15, 0.2) is 0 Å². The average molecular weight is 288 g/mol. The van der Waals surface area contributed by atoms with Gasteiger partial charge in [-0.15, -0.1) is 0 Å². The highest BCUT2D eigenvalue weighted by atomic mass is 35.5. The topological polar surface area (TPSA) is 38.7 Å². The van der Waals surface area contributed by atoms with Gasteiger partial charge in [-0.2, -0.15) is 0 Å². The van der Waals surface area contributed by atoms with E-state index < -0.39 is 0 Å². The number of pyridine rings is 1. The minimum atomic E-state index is 0.673. The van der Waals surface area contributed by atoms with Crippen molar-refractivity contribution >= 4 is 34.4 Å². The van der Waals surface area contributed by atoms with Crippen molar-refractivity contribution in [1.29, 1.82) is 0 Å². The van der Waals surface area contributed by atoms with Crippen LogP contribution < -0.4 is 0 Å². The Labute approximate surface area is 120 Å². The van der Waals surface area contributed by atoms with Crippen molar-refractivity contribution in [2.75, 3.05) is 0 Å². The third-order valence-electron chi connectivity index (χ3n) is 2.67. The Morgan fingerprint density at radius 1 is 1.11 bits per heavy atom. The van der Waals surface area contributed by atoms with Crippen LogP contribution in [0.4, 0.5) is 0 Å². The summed E-state index contributed by atoms with van der Waals surface area (Å²) in [4.78, 5) is 14.2. The molecule has 0 amide bonds. The molecule has 94 valence electrons. The van der Waals surface area contributed by atoms with Crippen LogP contribution in [0.15, 0.2) is 52.8 Å². The second kappa shape index (κ2) is 5.15. The van der Waals surface area contributed by atoms with Gasteiger partial charge in [-0.05, 0) is 36.8 Å². The molecule has 5 heteroatoms. The number of benzene rings is 1. The van der Waals surface area contributed by atoms with E-state index in [0.717, 1.165) is 26.5 Å². The zero-order valence-electron chi connectivity index (χ0n) is 10.2. The van der Waals surface area contributed by atoms with Crippen LogP contribution in [0.5, 0.6) is 0 Å². The van der Waals surface area contributed by atoms with E-state index in [1.807, 2.05) is 37.4 Å². The molecule has 0 aliphatic rings. The number of hydrogen-bond acceptors (Lipinski definition) is 4.